The van der Waals surface area contributed by atoms with E-state index in [0.29, 0.717) is 12.4 Å². The molecule has 0 spiro atoms. The van der Waals surface area contributed by atoms with E-state index in [1.54, 1.807) is 30.7 Å². The molecule has 1 N–H and O–H groups in total. The van der Waals surface area contributed by atoms with E-state index in [-0.39, 0.29) is 0 Å². The molecule has 2 rings (SSSR count). The summed E-state index contributed by atoms with van der Waals surface area (Å²) in [7, 11) is 0. The van der Waals surface area contributed by atoms with Crippen LogP contribution in [0.15, 0.2) is 45.8 Å². The summed E-state index contributed by atoms with van der Waals surface area (Å²) >= 11 is 0. The molecule has 4 nitrogen and oxygen atoms in total. The van der Waals surface area contributed by atoms with Crippen LogP contribution in [0, 0.1) is 0 Å². The Kier molecular flexibility index (Phi) is 2.67. The monoisotopic (exact) mass is 194 g/mol. The Balaban J connectivity index is 1.87. The third kappa shape index (κ3) is 2.04. The van der Waals surface area contributed by atoms with Crippen molar-refractivity contribution in [3.8, 4) is 0 Å². The van der Waals surface area contributed by atoms with Crippen LogP contribution in [0.5, 0.6) is 0 Å². The van der Waals surface area contributed by atoms with E-state index in [9.17, 15) is 5.11 Å². The Hall–Kier alpha value is -1.52. The van der Waals surface area contributed by atoms with E-state index in [2.05, 4.69) is 0 Å². The lowest BCUT2D eigenvalue weighted by Gasteiger charge is -2.07. The molecule has 1 atom stereocenters. The second-order valence-electron chi connectivity index (χ2n) is 2.81. The summed E-state index contributed by atoms with van der Waals surface area (Å²) in [5.74, 6) is 0.397. The van der Waals surface area contributed by atoms with Crippen LogP contribution in [0.2, 0.25) is 0 Å². The minimum Gasteiger partial charge on any atom is -0.472 e. The predicted octanol–water partition coefficient (Wildman–Crippen LogP) is 2.08. The normalized spacial score (nSPS) is 12.9. The van der Waals surface area contributed by atoms with Crippen molar-refractivity contribution in [3.05, 3.63) is 48.3 Å². The number of rotatable bonds is 4. The lowest BCUT2D eigenvalue weighted by molar-refractivity contribution is -0.123. The highest BCUT2D eigenvalue weighted by atomic mass is 16.6. The SMILES string of the molecule is OC(OCc1ccoc1)c1ccco1. The molecule has 2 heterocycles. The van der Waals surface area contributed by atoms with Crippen LogP contribution >= 0.6 is 0 Å². The topological polar surface area (TPSA) is 55.7 Å². The number of aliphatic hydroxyl groups excluding tert-OH is 1. The maximum absolute atomic E-state index is 9.46. The lowest BCUT2D eigenvalue weighted by atomic mass is 10.4. The highest BCUT2D eigenvalue weighted by molar-refractivity contribution is 5.04. The first-order valence-corrected chi connectivity index (χ1v) is 4.20. The minimum atomic E-state index is -1.03. The molecule has 0 bridgehead atoms. The van der Waals surface area contributed by atoms with Crippen LogP contribution in [0.3, 0.4) is 0 Å². The molecule has 1 unspecified atom stereocenters. The van der Waals surface area contributed by atoms with Gasteiger partial charge in [-0.05, 0) is 18.2 Å². The quantitative estimate of drug-likeness (QED) is 0.757. The number of hydrogen-bond acceptors (Lipinski definition) is 4. The van der Waals surface area contributed by atoms with E-state index >= 15 is 0 Å². The van der Waals surface area contributed by atoms with Gasteiger partial charge in [-0.3, -0.25) is 0 Å². The third-order valence-corrected chi connectivity index (χ3v) is 1.77. The first kappa shape index (κ1) is 9.05. The van der Waals surface area contributed by atoms with Crippen molar-refractivity contribution in [1.29, 1.82) is 0 Å². The van der Waals surface area contributed by atoms with Gasteiger partial charge in [0.05, 0.1) is 25.4 Å². The summed E-state index contributed by atoms with van der Waals surface area (Å²) in [6.45, 7) is 0.290. The van der Waals surface area contributed by atoms with Crippen molar-refractivity contribution >= 4 is 0 Å². The zero-order valence-electron chi connectivity index (χ0n) is 7.42. The van der Waals surface area contributed by atoms with Crippen molar-refractivity contribution in [3.63, 3.8) is 0 Å². The Morgan fingerprint density at radius 1 is 1.36 bits per heavy atom. The number of furan rings is 2. The van der Waals surface area contributed by atoms with Gasteiger partial charge in [0, 0.05) is 5.56 Å². The van der Waals surface area contributed by atoms with Gasteiger partial charge in [0.1, 0.15) is 0 Å². The predicted molar refractivity (Wildman–Crippen MR) is 47.2 cm³/mol. The van der Waals surface area contributed by atoms with Crippen molar-refractivity contribution < 1.29 is 18.7 Å². The molecule has 4 heteroatoms. The van der Waals surface area contributed by atoms with Gasteiger partial charge >= 0.3 is 0 Å². The van der Waals surface area contributed by atoms with Crippen LogP contribution in [0.25, 0.3) is 0 Å². The molecule has 0 aliphatic carbocycles. The van der Waals surface area contributed by atoms with Gasteiger partial charge < -0.3 is 18.7 Å². The first-order chi connectivity index (χ1) is 6.86. The summed E-state index contributed by atoms with van der Waals surface area (Å²) in [4.78, 5) is 0. The van der Waals surface area contributed by atoms with Gasteiger partial charge in [-0.2, -0.15) is 0 Å². The molecule has 0 aliphatic rings. The third-order valence-electron chi connectivity index (χ3n) is 1.77. The summed E-state index contributed by atoms with van der Waals surface area (Å²) in [6.07, 6.45) is 3.58. The number of hydrogen-bond donors (Lipinski definition) is 1. The fourth-order valence-electron chi connectivity index (χ4n) is 1.06. The maximum Gasteiger partial charge on any atom is 0.215 e. The van der Waals surface area contributed by atoms with E-state index < -0.39 is 6.29 Å². The van der Waals surface area contributed by atoms with Crippen LogP contribution in [-0.2, 0) is 11.3 Å². The second-order valence-corrected chi connectivity index (χ2v) is 2.81. The molecule has 0 amide bonds. The van der Waals surface area contributed by atoms with Crippen LogP contribution in [-0.4, -0.2) is 5.11 Å². The minimum absolute atomic E-state index is 0.290. The maximum atomic E-state index is 9.46. The highest BCUT2D eigenvalue weighted by Gasteiger charge is 2.10. The zero-order chi connectivity index (χ0) is 9.80. The van der Waals surface area contributed by atoms with Gasteiger partial charge in [0.25, 0.3) is 0 Å². The van der Waals surface area contributed by atoms with Crippen molar-refractivity contribution in [2.75, 3.05) is 0 Å². The van der Waals surface area contributed by atoms with Gasteiger partial charge in [-0.15, -0.1) is 0 Å². The Bertz CT molecular complexity index is 349. The average molecular weight is 194 g/mol. The van der Waals surface area contributed by atoms with Crippen molar-refractivity contribution in [2.45, 2.75) is 12.9 Å². The molecule has 74 valence electrons. The van der Waals surface area contributed by atoms with E-state index in [4.69, 9.17) is 13.6 Å². The van der Waals surface area contributed by atoms with Crippen LogP contribution in [0.4, 0.5) is 0 Å². The second kappa shape index (κ2) is 4.13. The van der Waals surface area contributed by atoms with Gasteiger partial charge in [-0.1, -0.05) is 0 Å². The molecule has 0 aliphatic heterocycles. The molecule has 0 radical (unpaired) electrons. The van der Waals surface area contributed by atoms with Gasteiger partial charge in [-0.25, -0.2) is 0 Å². The zero-order valence-corrected chi connectivity index (χ0v) is 7.42. The van der Waals surface area contributed by atoms with Crippen LogP contribution in [0.1, 0.15) is 17.6 Å². The Morgan fingerprint density at radius 3 is 2.93 bits per heavy atom. The smallest absolute Gasteiger partial charge is 0.215 e. The lowest BCUT2D eigenvalue weighted by Crippen LogP contribution is -2.01. The summed E-state index contributed by atoms with van der Waals surface area (Å²) in [5.41, 5.74) is 0.871. The summed E-state index contributed by atoms with van der Waals surface area (Å²) < 4.78 is 15.0. The van der Waals surface area contributed by atoms with Crippen LogP contribution < -0.4 is 0 Å². The summed E-state index contributed by atoms with van der Waals surface area (Å²) in [5, 5.41) is 9.46. The van der Waals surface area contributed by atoms with Crippen molar-refractivity contribution in [1.82, 2.24) is 0 Å². The van der Waals surface area contributed by atoms with E-state index in [1.165, 1.54) is 6.26 Å². The molecular formula is C10H10O4. The van der Waals surface area contributed by atoms with Gasteiger partial charge in [0.2, 0.25) is 6.29 Å². The summed E-state index contributed by atoms with van der Waals surface area (Å²) in [6, 6.07) is 5.12. The largest absolute Gasteiger partial charge is 0.472 e. The van der Waals surface area contributed by atoms with Gasteiger partial charge in [0.15, 0.2) is 5.76 Å². The average Bonchev–Trinajstić information content (AvgIpc) is 2.87. The number of ether oxygens (including phenoxy) is 1. The molecule has 0 aromatic carbocycles. The standard InChI is InChI=1S/C10H10O4/c11-10(9-2-1-4-13-9)14-7-8-3-5-12-6-8/h1-6,10-11H,7H2. The fraction of sp³-hybridized carbons (Fsp3) is 0.200. The van der Waals surface area contributed by atoms with E-state index in [0.717, 1.165) is 5.56 Å². The highest BCUT2D eigenvalue weighted by Crippen LogP contribution is 2.16. The molecule has 0 fully saturated rings. The molecule has 0 saturated heterocycles. The fourth-order valence-corrected chi connectivity index (χ4v) is 1.06. The van der Waals surface area contributed by atoms with Crippen molar-refractivity contribution in [2.24, 2.45) is 0 Å². The Morgan fingerprint density at radius 2 is 2.29 bits per heavy atom. The molecule has 2 aromatic heterocycles. The van der Waals surface area contributed by atoms with E-state index in [1.807, 2.05) is 0 Å². The first-order valence-electron chi connectivity index (χ1n) is 4.20. The molecule has 2 aromatic rings. The molecular weight excluding hydrogens is 184 g/mol. The molecule has 14 heavy (non-hydrogen) atoms. The Labute approximate surface area is 80.7 Å². The number of aliphatic hydroxyl groups is 1. The molecule has 0 saturated carbocycles.